The summed E-state index contributed by atoms with van der Waals surface area (Å²) in [6.07, 6.45) is 7.70. The zero-order valence-corrected chi connectivity index (χ0v) is 28.1. The molecule has 244 valence electrons. The Bertz CT molecular complexity index is 1860. The highest BCUT2D eigenvalue weighted by Crippen LogP contribution is 2.41. The summed E-state index contributed by atoms with van der Waals surface area (Å²) in [6, 6.07) is 49.8. The molecule has 0 aliphatic rings. The molecule has 4 nitrogen and oxygen atoms in total. The van der Waals surface area contributed by atoms with Gasteiger partial charge in [-0.1, -0.05) is 139 Å². The van der Waals surface area contributed by atoms with E-state index >= 15 is 0 Å². The Labute approximate surface area is 290 Å². The maximum atomic E-state index is 7.02. The van der Waals surface area contributed by atoms with Crippen LogP contribution in [0.25, 0.3) is 11.1 Å². The number of aromatic nitrogens is 1. The van der Waals surface area contributed by atoms with Crippen molar-refractivity contribution in [3.8, 4) is 29.4 Å². The topological polar surface area (TPSA) is 40.6 Å². The predicted octanol–water partition coefficient (Wildman–Crippen LogP) is 10.0. The lowest BCUT2D eigenvalue weighted by molar-refractivity contribution is -0.0184. The van der Waals surface area contributed by atoms with Crippen molar-refractivity contribution in [3.05, 3.63) is 191 Å². The van der Waals surface area contributed by atoms with Gasteiger partial charge < -0.3 is 14.2 Å². The van der Waals surface area contributed by atoms with Crippen LogP contribution in [-0.2, 0) is 21.7 Å². The lowest BCUT2D eigenvalue weighted by Crippen LogP contribution is -2.33. The molecule has 0 bridgehead atoms. The summed E-state index contributed by atoms with van der Waals surface area (Å²) in [5, 5.41) is 0. The largest absolute Gasteiger partial charge is 0.473 e. The first kappa shape index (κ1) is 33.4. The molecule has 0 saturated heterocycles. The Morgan fingerprint density at radius 2 is 1.27 bits per heavy atom. The molecule has 0 aliphatic carbocycles. The van der Waals surface area contributed by atoms with Crippen molar-refractivity contribution in [1.82, 2.24) is 4.98 Å². The summed E-state index contributed by atoms with van der Waals surface area (Å²) in [4.78, 5) is 4.67. The summed E-state index contributed by atoms with van der Waals surface area (Å²) in [7, 11) is 0. The molecule has 1 aromatic heterocycles. The first-order chi connectivity index (χ1) is 24.1. The molecular formula is C45H41NO3. The molecular weight excluding hydrogens is 602 g/mol. The summed E-state index contributed by atoms with van der Waals surface area (Å²) in [6.45, 7) is 5.29. The fourth-order valence-corrected chi connectivity index (χ4v) is 6.44. The van der Waals surface area contributed by atoms with Crippen LogP contribution in [0.15, 0.2) is 152 Å². The van der Waals surface area contributed by atoms with Crippen LogP contribution in [0.5, 0.6) is 5.88 Å². The zero-order chi connectivity index (χ0) is 33.9. The van der Waals surface area contributed by atoms with E-state index in [2.05, 4.69) is 134 Å². The SMILES string of the molecule is C#CCOC(CCOC(c1ccccc1)(c1ccccc1)c1ccccc1)c1ccc(OCc2c(C)ccc(-c3ccccc3)c2C)nc1. The normalized spacial score (nSPS) is 11.9. The van der Waals surface area contributed by atoms with Gasteiger partial charge in [-0.25, -0.2) is 4.98 Å². The van der Waals surface area contributed by atoms with Gasteiger partial charge in [0.1, 0.15) is 18.8 Å². The smallest absolute Gasteiger partial charge is 0.213 e. The Kier molecular flexibility index (Phi) is 11.0. The highest BCUT2D eigenvalue weighted by Gasteiger charge is 2.37. The van der Waals surface area contributed by atoms with Crippen LogP contribution in [0.4, 0.5) is 0 Å². The minimum atomic E-state index is -0.815. The van der Waals surface area contributed by atoms with Gasteiger partial charge in [0.2, 0.25) is 5.88 Å². The second-order valence-electron chi connectivity index (χ2n) is 12.0. The van der Waals surface area contributed by atoms with Crippen molar-refractivity contribution in [1.29, 1.82) is 0 Å². The van der Waals surface area contributed by atoms with E-state index in [0.29, 0.717) is 25.5 Å². The molecule has 0 aliphatic heterocycles. The molecule has 0 fully saturated rings. The third kappa shape index (κ3) is 7.66. The highest BCUT2D eigenvalue weighted by atomic mass is 16.5. The molecule has 4 heteroatoms. The van der Waals surface area contributed by atoms with Crippen molar-refractivity contribution in [3.63, 3.8) is 0 Å². The third-order valence-corrected chi connectivity index (χ3v) is 9.02. The number of terminal acetylenes is 1. The molecule has 0 spiro atoms. The Morgan fingerprint density at radius 1 is 0.694 bits per heavy atom. The fourth-order valence-electron chi connectivity index (χ4n) is 6.44. The van der Waals surface area contributed by atoms with E-state index in [9.17, 15) is 0 Å². The van der Waals surface area contributed by atoms with Crippen molar-refractivity contribution in [2.75, 3.05) is 13.2 Å². The monoisotopic (exact) mass is 643 g/mol. The van der Waals surface area contributed by atoms with E-state index in [1.807, 2.05) is 42.6 Å². The Hall–Kier alpha value is -5.47. The molecule has 0 amide bonds. The number of hydrogen-bond acceptors (Lipinski definition) is 4. The minimum Gasteiger partial charge on any atom is -0.473 e. The van der Waals surface area contributed by atoms with Gasteiger partial charge in [0.25, 0.3) is 0 Å². The third-order valence-electron chi connectivity index (χ3n) is 9.02. The van der Waals surface area contributed by atoms with E-state index in [1.54, 1.807) is 0 Å². The van der Waals surface area contributed by atoms with Crippen LogP contribution in [0, 0.1) is 26.2 Å². The van der Waals surface area contributed by atoms with Crippen LogP contribution < -0.4 is 4.74 Å². The number of benzene rings is 5. The van der Waals surface area contributed by atoms with Gasteiger partial charge in [0, 0.05) is 18.7 Å². The van der Waals surface area contributed by atoms with Crippen LogP contribution >= 0.6 is 0 Å². The summed E-state index contributed by atoms with van der Waals surface area (Å²) in [5.41, 5.74) is 9.22. The zero-order valence-electron chi connectivity index (χ0n) is 28.1. The van der Waals surface area contributed by atoms with Crippen LogP contribution in [0.2, 0.25) is 0 Å². The van der Waals surface area contributed by atoms with Gasteiger partial charge in [-0.2, -0.15) is 0 Å². The maximum Gasteiger partial charge on any atom is 0.213 e. The Morgan fingerprint density at radius 3 is 1.80 bits per heavy atom. The van der Waals surface area contributed by atoms with Gasteiger partial charge in [0.15, 0.2) is 0 Å². The lowest BCUT2D eigenvalue weighted by atomic mass is 9.80. The number of hydrogen-bond donors (Lipinski definition) is 0. The molecule has 1 atom stereocenters. The van der Waals surface area contributed by atoms with E-state index in [4.69, 9.17) is 20.6 Å². The van der Waals surface area contributed by atoms with E-state index < -0.39 is 5.60 Å². The highest BCUT2D eigenvalue weighted by molar-refractivity contribution is 5.69. The standard InChI is InChI=1S/C45H41NO3/c1-4-30-47-43(29-31-49-45(38-19-11-6-12-20-38,39-21-13-7-14-22-39)40-23-15-8-16-24-40)37-26-28-44(46-32-37)48-33-42-34(2)25-27-41(35(42)3)36-17-9-5-10-18-36/h1,5-28,32,43H,29-31,33H2,2-3H3. The second-order valence-corrected chi connectivity index (χ2v) is 12.0. The second kappa shape index (κ2) is 16.1. The molecule has 5 aromatic carbocycles. The van der Waals surface area contributed by atoms with Gasteiger partial charge >= 0.3 is 0 Å². The molecule has 6 rings (SSSR count). The molecule has 49 heavy (non-hydrogen) atoms. The van der Waals surface area contributed by atoms with E-state index in [-0.39, 0.29) is 12.7 Å². The van der Waals surface area contributed by atoms with Crippen molar-refractivity contribution >= 4 is 0 Å². The number of pyridine rings is 1. The number of nitrogens with zero attached hydrogens (tertiary/aromatic N) is 1. The minimum absolute atomic E-state index is 0.181. The van der Waals surface area contributed by atoms with Crippen molar-refractivity contribution in [2.24, 2.45) is 0 Å². The van der Waals surface area contributed by atoms with Crippen molar-refractivity contribution in [2.45, 2.75) is 38.6 Å². The quantitative estimate of drug-likeness (QED) is 0.0875. The van der Waals surface area contributed by atoms with Gasteiger partial charge in [0.05, 0.1) is 12.7 Å². The van der Waals surface area contributed by atoms with Crippen LogP contribution in [-0.4, -0.2) is 18.2 Å². The number of aryl methyl sites for hydroxylation is 1. The molecule has 1 heterocycles. The molecule has 6 aromatic rings. The first-order valence-electron chi connectivity index (χ1n) is 16.7. The first-order valence-corrected chi connectivity index (χ1v) is 16.7. The number of ether oxygens (including phenoxy) is 3. The molecule has 1 unspecified atom stereocenters. The van der Waals surface area contributed by atoms with E-state index in [1.165, 1.54) is 27.8 Å². The lowest BCUT2D eigenvalue weighted by Gasteiger charge is -2.36. The molecule has 0 saturated carbocycles. The van der Waals surface area contributed by atoms with Gasteiger partial charge in [-0.05, 0) is 70.0 Å². The summed E-state index contributed by atoms with van der Waals surface area (Å²) < 4.78 is 19.4. The average Bonchev–Trinajstić information content (AvgIpc) is 3.16. The Balaban J connectivity index is 1.20. The maximum absolute atomic E-state index is 7.02. The van der Waals surface area contributed by atoms with Crippen LogP contribution in [0.3, 0.4) is 0 Å². The number of rotatable bonds is 14. The van der Waals surface area contributed by atoms with Gasteiger partial charge in [-0.3, -0.25) is 0 Å². The van der Waals surface area contributed by atoms with E-state index in [0.717, 1.165) is 22.3 Å². The average molecular weight is 644 g/mol. The predicted molar refractivity (Wildman–Crippen MR) is 197 cm³/mol. The fraction of sp³-hybridized carbons (Fsp3) is 0.178. The van der Waals surface area contributed by atoms with Crippen molar-refractivity contribution < 1.29 is 14.2 Å². The summed E-state index contributed by atoms with van der Waals surface area (Å²) >= 11 is 0. The van der Waals surface area contributed by atoms with Gasteiger partial charge in [-0.15, -0.1) is 6.42 Å². The molecule has 0 N–H and O–H groups in total. The summed E-state index contributed by atoms with van der Waals surface area (Å²) in [5.74, 6) is 3.17. The molecule has 0 radical (unpaired) electrons. The van der Waals surface area contributed by atoms with Crippen LogP contribution in [0.1, 0.15) is 51.5 Å².